The maximum Gasteiger partial charge on any atom is 0.289 e. The average Bonchev–Trinajstić information content (AvgIpc) is 2.85. The fourth-order valence-electron chi connectivity index (χ4n) is 2.12. The third-order valence-corrected chi connectivity index (χ3v) is 2.84. The number of hydrogen-bond acceptors (Lipinski definition) is 3. The molecule has 3 rings (SSSR count). The van der Waals surface area contributed by atoms with Crippen LogP contribution in [0.15, 0.2) is 36.4 Å². The third kappa shape index (κ3) is 1.52. The van der Waals surface area contributed by atoms with Gasteiger partial charge in [-0.3, -0.25) is 0 Å². The minimum Gasteiger partial charge on any atom is -0.873 e. The molecule has 0 aliphatic carbocycles. The van der Waals surface area contributed by atoms with Crippen molar-refractivity contribution >= 4 is 11.4 Å². The summed E-state index contributed by atoms with van der Waals surface area (Å²) in [4.78, 5) is 1.45. The Kier molecular flexibility index (Phi) is 2.26. The molecule has 0 fully saturated rings. The van der Waals surface area contributed by atoms with Crippen molar-refractivity contribution in [2.45, 2.75) is 6.92 Å². The summed E-state index contributed by atoms with van der Waals surface area (Å²) >= 11 is 0. The topological polar surface area (TPSA) is 57.1 Å². The van der Waals surface area contributed by atoms with Gasteiger partial charge in [0.05, 0.1) is 0 Å². The van der Waals surface area contributed by atoms with Gasteiger partial charge in [-0.2, -0.15) is 0 Å². The maximum atomic E-state index is 11.8. The maximum absolute atomic E-state index is 11.8. The first-order chi connectivity index (χ1) is 8.66. The van der Waals surface area contributed by atoms with Crippen LogP contribution >= 0.6 is 0 Å². The molecule has 0 saturated carbocycles. The molecule has 0 atom stereocenters. The summed E-state index contributed by atoms with van der Waals surface area (Å²) < 4.78 is 1.59. The van der Waals surface area contributed by atoms with Gasteiger partial charge in [0.15, 0.2) is 5.35 Å². The van der Waals surface area contributed by atoms with Crippen molar-refractivity contribution in [2.75, 3.05) is 0 Å². The van der Waals surface area contributed by atoms with Gasteiger partial charge in [-0.25, -0.2) is 0 Å². The van der Waals surface area contributed by atoms with Gasteiger partial charge in [0.1, 0.15) is 12.3 Å². The zero-order chi connectivity index (χ0) is 12.7. The number of aromatic nitrogens is 4. The second kappa shape index (κ2) is 3.80. The molecule has 0 spiro atoms. The van der Waals surface area contributed by atoms with Gasteiger partial charge in [0.25, 0.3) is 5.65 Å². The lowest BCUT2D eigenvalue weighted by Crippen LogP contribution is -2.35. The normalized spacial score (nSPS) is 13.0. The smallest absolute Gasteiger partial charge is 0.289 e. The summed E-state index contributed by atoms with van der Waals surface area (Å²) in [5, 5.41) is 20.8. The monoisotopic (exact) mass is 240 g/mol. The van der Waals surface area contributed by atoms with Crippen LogP contribution < -0.4 is 15.3 Å². The molecule has 0 bridgehead atoms. The van der Waals surface area contributed by atoms with E-state index in [-0.39, 0.29) is 5.76 Å². The van der Waals surface area contributed by atoms with E-state index in [0.29, 0.717) is 11.0 Å². The zero-order valence-electron chi connectivity index (χ0n) is 10.2. The molecule has 5 nitrogen and oxygen atoms in total. The van der Waals surface area contributed by atoms with Gasteiger partial charge in [-0.05, 0) is 15.5 Å². The molecule has 0 radical (unpaired) electrons. The van der Waals surface area contributed by atoms with Gasteiger partial charge in [-0.15, -0.1) is 0 Å². The molecular formula is C13H12N4O. The van der Waals surface area contributed by atoms with E-state index >= 15 is 0 Å². The van der Waals surface area contributed by atoms with Crippen molar-refractivity contribution in [3.8, 4) is 11.1 Å². The SMILES string of the molecule is C/C([O-])=c1/c(-c2ccccc2)cc2n[n+](C)nn12. The van der Waals surface area contributed by atoms with Crippen molar-refractivity contribution in [1.29, 1.82) is 0 Å². The molecule has 0 N–H and O–H groups in total. The predicted octanol–water partition coefficient (Wildman–Crippen LogP) is -0.572. The highest BCUT2D eigenvalue weighted by Gasteiger charge is 2.16. The van der Waals surface area contributed by atoms with Gasteiger partial charge < -0.3 is 5.11 Å². The number of aryl methyl sites for hydroxylation is 1. The van der Waals surface area contributed by atoms with Gasteiger partial charge in [0.2, 0.25) is 0 Å². The van der Waals surface area contributed by atoms with Gasteiger partial charge >= 0.3 is 0 Å². The largest absolute Gasteiger partial charge is 0.873 e. The van der Waals surface area contributed by atoms with Crippen LogP contribution in [-0.2, 0) is 7.05 Å². The summed E-state index contributed by atoms with van der Waals surface area (Å²) in [5.74, 6) is -0.0191. The van der Waals surface area contributed by atoms with Crippen molar-refractivity contribution in [3.63, 3.8) is 0 Å². The zero-order valence-corrected chi connectivity index (χ0v) is 10.2. The second-order valence-corrected chi connectivity index (χ2v) is 4.18. The summed E-state index contributed by atoms with van der Waals surface area (Å²) in [6.07, 6.45) is 0. The molecule has 0 aliphatic rings. The summed E-state index contributed by atoms with van der Waals surface area (Å²) in [6.45, 7) is 1.54. The van der Waals surface area contributed by atoms with Crippen LogP contribution in [0.3, 0.4) is 0 Å². The van der Waals surface area contributed by atoms with E-state index in [1.54, 1.807) is 18.5 Å². The van der Waals surface area contributed by atoms with Crippen LogP contribution in [0.25, 0.3) is 22.5 Å². The first-order valence-electron chi connectivity index (χ1n) is 5.66. The number of benzene rings is 1. The Balaban J connectivity index is 2.41. The first kappa shape index (κ1) is 10.7. The quantitative estimate of drug-likeness (QED) is 0.535. The Bertz CT molecular complexity index is 757. The molecule has 0 saturated heterocycles. The van der Waals surface area contributed by atoms with Crippen LogP contribution in [0.4, 0.5) is 0 Å². The molecule has 0 unspecified atom stereocenters. The standard InChI is InChI=1S/C13H12N4O/c1-9(18)13-11(10-6-4-3-5-7-10)8-12-14-16(2)15-17(12)13/h3-8H,1-2H3. The van der Waals surface area contributed by atoms with Gasteiger partial charge in [-0.1, -0.05) is 47.5 Å². The first-order valence-corrected chi connectivity index (χ1v) is 5.66. The van der Waals surface area contributed by atoms with Crippen molar-refractivity contribution < 1.29 is 9.90 Å². The van der Waals surface area contributed by atoms with Crippen molar-refractivity contribution in [2.24, 2.45) is 7.05 Å². The highest BCUT2D eigenvalue weighted by molar-refractivity contribution is 5.70. The summed E-state index contributed by atoms with van der Waals surface area (Å²) in [7, 11) is 1.74. The van der Waals surface area contributed by atoms with Crippen LogP contribution in [0.1, 0.15) is 6.92 Å². The van der Waals surface area contributed by atoms with E-state index in [1.807, 2.05) is 36.4 Å². The number of nitrogens with zero attached hydrogens (tertiary/aromatic N) is 4. The molecule has 0 amide bonds. The summed E-state index contributed by atoms with van der Waals surface area (Å²) in [6, 6.07) is 11.7. The Labute approximate surface area is 104 Å². The fourth-order valence-corrected chi connectivity index (χ4v) is 2.12. The predicted molar refractivity (Wildman–Crippen MR) is 63.9 cm³/mol. The minimum absolute atomic E-state index is 0.0191. The lowest BCUT2D eigenvalue weighted by Gasteiger charge is -2.02. The lowest BCUT2D eigenvalue weighted by molar-refractivity contribution is -0.784. The van der Waals surface area contributed by atoms with E-state index in [4.69, 9.17) is 0 Å². The molecule has 5 heteroatoms. The van der Waals surface area contributed by atoms with E-state index in [9.17, 15) is 5.11 Å². The van der Waals surface area contributed by atoms with Gasteiger partial charge in [0, 0.05) is 11.6 Å². The highest BCUT2D eigenvalue weighted by atomic mass is 16.3. The Morgan fingerprint density at radius 3 is 2.67 bits per heavy atom. The number of tetrazole rings is 1. The molecule has 2 aromatic heterocycles. The molecule has 1 aromatic carbocycles. The highest BCUT2D eigenvalue weighted by Crippen LogP contribution is 2.16. The summed E-state index contributed by atoms with van der Waals surface area (Å²) in [5.41, 5.74) is 2.55. The number of hydrogen-bond donors (Lipinski definition) is 0. The Hall–Kier alpha value is -2.43. The number of fused-ring (bicyclic) bond motifs is 1. The van der Waals surface area contributed by atoms with E-state index in [2.05, 4.69) is 10.3 Å². The minimum atomic E-state index is -0.0191. The van der Waals surface area contributed by atoms with Crippen molar-refractivity contribution in [1.82, 2.24) is 14.8 Å². The molecular weight excluding hydrogens is 228 g/mol. The van der Waals surface area contributed by atoms with Crippen LogP contribution in [0.5, 0.6) is 0 Å². The third-order valence-electron chi connectivity index (χ3n) is 2.84. The van der Waals surface area contributed by atoms with Crippen LogP contribution in [0.2, 0.25) is 0 Å². The van der Waals surface area contributed by atoms with Crippen LogP contribution in [-0.4, -0.2) is 14.8 Å². The van der Waals surface area contributed by atoms with Crippen molar-refractivity contribution in [3.05, 3.63) is 41.7 Å². The molecule has 0 aliphatic heterocycles. The Morgan fingerprint density at radius 1 is 1.28 bits per heavy atom. The fraction of sp³-hybridized carbons (Fsp3) is 0.154. The average molecular weight is 240 g/mol. The Morgan fingerprint density at radius 2 is 2.00 bits per heavy atom. The molecule has 3 aromatic rings. The van der Waals surface area contributed by atoms with E-state index in [0.717, 1.165) is 11.1 Å². The lowest BCUT2D eigenvalue weighted by atomic mass is 10.1. The van der Waals surface area contributed by atoms with E-state index < -0.39 is 0 Å². The van der Waals surface area contributed by atoms with Crippen LogP contribution in [0, 0.1) is 0 Å². The molecule has 18 heavy (non-hydrogen) atoms. The number of rotatable bonds is 1. The second-order valence-electron chi connectivity index (χ2n) is 4.18. The molecule has 90 valence electrons. The van der Waals surface area contributed by atoms with E-state index in [1.165, 1.54) is 4.80 Å². The molecule has 2 heterocycles.